The number of hydrogen-bond acceptors (Lipinski definition) is 7. The summed E-state index contributed by atoms with van der Waals surface area (Å²) >= 11 is 0. The standard InChI is InChI=1S/C26H26N2O5/c1-15-9-10-21(29)18(11-15)19-14-20-17-7-5-6-8-22(17)33-26(28(20)27-19)16-12-23(30-2)25(32-4)24(13-16)31-3/h5-13,20,26,29H,14H2,1-4H3/t20-,26-/m1/s1. The highest BCUT2D eigenvalue weighted by Crippen LogP contribution is 2.50. The molecule has 3 aromatic carbocycles. The van der Waals surface area contributed by atoms with Crippen molar-refractivity contribution in [3.05, 3.63) is 76.9 Å². The van der Waals surface area contributed by atoms with Crippen LogP contribution in [-0.2, 0) is 0 Å². The predicted octanol–water partition coefficient (Wildman–Crippen LogP) is 4.97. The topological polar surface area (TPSA) is 72.8 Å². The molecule has 2 aliphatic heterocycles. The van der Waals surface area contributed by atoms with Gasteiger partial charge in [-0.1, -0.05) is 29.8 Å². The molecule has 5 rings (SSSR count). The smallest absolute Gasteiger partial charge is 0.214 e. The van der Waals surface area contributed by atoms with E-state index < -0.39 is 6.23 Å². The zero-order valence-electron chi connectivity index (χ0n) is 19.0. The molecule has 2 aliphatic rings. The van der Waals surface area contributed by atoms with E-state index >= 15 is 0 Å². The van der Waals surface area contributed by atoms with E-state index in [0.29, 0.717) is 23.7 Å². The number of aryl methyl sites for hydroxylation is 1. The van der Waals surface area contributed by atoms with Crippen LogP contribution in [0.5, 0.6) is 28.7 Å². The van der Waals surface area contributed by atoms with Gasteiger partial charge in [0, 0.05) is 23.1 Å². The van der Waals surface area contributed by atoms with Crippen molar-refractivity contribution in [1.82, 2.24) is 5.01 Å². The van der Waals surface area contributed by atoms with Crippen LogP contribution < -0.4 is 18.9 Å². The molecule has 3 aromatic rings. The van der Waals surface area contributed by atoms with Crippen molar-refractivity contribution < 1.29 is 24.1 Å². The van der Waals surface area contributed by atoms with Crippen LogP contribution in [0.25, 0.3) is 0 Å². The molecule has 33 heavy (non-hydrogen) atoms. The third kappa shape index (κ3) is 3.50. The summed E-state index contributed by atoms with van der Waals surface area (Å²) in [4.78, 5) is 0. The van der Waals surface area contributed by atoms with Crippen molar-refractivity contribution in [1.29, 1.82) is 0 Å². The molecule has 0 fully saturated rings. The van der Waals surface area contributed by atoms with E-state index in [-0.39, 0.29) is 11.8 Å². The number of benzene rings is 3. The van der Waals surface area contributed by atoms with Gasteiger partial charge in [-0.2, -0.15) is 5.10 Å². The lowest BCUT2D eigenvalue weighted by atomic mass is 9.95. The van der Waals surface area contributed by atoms with Gasteiger partial charge in [0.15, 0.2) is 11.5 Å². The fourth-order valence-corrected chi connectivity index (χ4v) is 4.54. The number of aromatic hydroxyl groups is 1. The molecule has 7 nitrogen and oxygen atoms in total. The predicted molar refractivity (Wildman–Crippen MR) is 124 cm³/mol. The van der Waals surface area contributed by atoms with Crippen molar-refractivity contribution in [3.63, 3.8) is 0 Å². The summed E-state index contributed by atoms with van der Waals surface area (Å²) in [5, 5.41) is 17.4. The molecule has 0 aromatic heterocycles. The number of rotatable bonds is 5. The van der Waals surface area contributed by atoms with Crippen LogP contribution in [0.15, 0.2) is 59.7 Å². The molecule has 0 radical (unpaired) electrons. The molecule has 1 N–H and O–H groups in total. The number of ether oxygens (including phenoxy) is 4. The Kier molecular flexibility index (Phi) is 5.24. The largest absolute Gasteiger partial charge is 0.507 e. The van der Waals surface area contributed by atoms with E-state index in [0.717, 1.165) is 33.7 Å². The summed E-state index contributed by atoms with van der Waals surface area (Å²) in [6.45, 7) is 2.00. The zero-order valence-corrected chi connectivity index (χ0v) is 19.0. The first-order valence-corrected chi connectivity index (χ1v) is 10.7. The van der Waals surface area contributed by atoms with Gasteiger partial charge in [-0.05, 0) is 37.3 Å². The molecule has 0 saturated heterocycles. The van der Waals surface area contributed by atoms with Crippen LogP contribution in [0.1, 0.15) is 40.9 Å². The van der Waals surface area contributed by atoms with Crippen LogP contribution in [-0.4, -0.2) is 37.2 Å². The Bertz CT molecular complexity index is 1210. The van der Waals surface area contributed by atoms with Crippen LogP contribution in [0.4, 0.5) is 0 Å². The summed E-state index contributed by atoms with van der Waals surface area (Å²) in [6, 6.07) is 17.3. The summed E-state index contributed by atoms with van der Waals surface area (Å²) < 4.78 is 23.1. The molecule has 2 atom stereocenters. The third-order valence-electron chi connectivity index (χ3n) is 6.13. The number of phenols is 1. The van der Waals surface area contributed by atoms with E-state index in [1.807, 2.05) is 54.4 Å². The first-order valence-electron chi connectivity index (χ1n) is 10.7. The Morgan fingerprint density at radius 3 is 2.39 bits per heavy atom. The number of hydrazone groups is 1. The lowest BCUT2D eigenvalue weighted by molar-refractivity contribution is -0.0192. The quantitative estimate of drug-likeness (QED) is 0.597. The average molecular weight is 447 g/mol. The molecule has 0 spiro atoms. The van der Waals surface area contributed by atoms with E-state index in [9.17, 15) is 5.11 Å². The molecular weight excluding hydrogens is 420 g/mol. The van der Waals surface area contributed by atoms with Gasteiger partial charge in [0.25, 0.3) is 0 Å². The fraction of sp³-hybridized carbons (Fsp3) is 0.269. The van der Waals surface area contributed by atoms with Crippen molar-refractivity contribution >= 4 is 5.71 Å². The Hall–Kier alpha value is -3.87. The van der Waals surface area contributed by atoms with Crippen molar-refractivity contribution in [2.24, 2.45) is 5.10 Å². The molecule has 0 bridgehead atoms. The first-order chi connectivity index (χ1) is 16.0. The second-order valence-corrected chi connectivity index (χ2v) is 8.13. The Morgan fingerprint density at radius 1 is 0.970 bits per heavy atom. The van der Waals surface area contributed by atoms with Gasteiger partial charge >= 0.3 is 0 Å². The molecule has 170 valence electrons. The molecular formula is C26H26N2O5. The Balaban J connectivity index is 1.64. The summed E-state index contributed by atoms with van der Waals surface area (Å²) in [6.07, 6.45) is 0.140. The van der Waals surface area contributed by atoms with Crippen LogP contribution >= 0.6 is 0 Å². The Labute approximate surface area is 192 Å². The van der Waals surface area contributed by atoms with E-state index in [1.54, 1.807) is 27.4 Å². The highest BCUT2D eigenvalue weighted by Gasteiger charge is 2.41. The molecule has 0 saturated carbocycles. The first kappa shape index (κ1) is 21.0. The number of phenolic OH excluding ortho intramolecular Hbond substituents is 1. The molecule has 0 aliphatic carbocycles. The second kappa shape index (κ2) is 8.24. The molecule has 0 amide bonds. The van der Waals surface area contributed by atoms with Crippen LogP contribution in [0, 0.1) is 6.92 Å². The normalized spacial score (nSPS) is 18.7. The minimum absolute atomic E-state index is 0.0334. The SMILES string of the molecule is COc1cc([C@H]2Oc3ccccc3[C@H]3CC(c4cc(C)ccc4O)=NN32)cc(OC)c1OC. The van der Waals surface area contributed by atoms with Gasteiger partial charge in [0.2, 0.25) is 12.0 Å². The third-order valence-corrected chi connectivity index (χ3v) is 6.13. The fourth-order valence-electron chi connectivity index (χ4n) is 4.54. The van der Waals surface area contributed by atoms with Gasteiger partial charge in [-0.3, -0.25) is 0 Å². The van der Waals surface area contributed by atoms with E-state index in [1.165, 1.54) is 0 Å². The van der Waals surface area contributed by atoms with Gasteiger partial charge < -0.3 is 24.1 Å². The maximum atomic E-state index is 10.5. The minimum Gasteiger partial charge on any atom is -0.507 e. The number of methoxy groups -OCH3 is 3. The minimum atomic E-state index is -0.511. The van der Waals surface area contributed by atoms with Gasteiger partial charge in [0.1, 0.15) is 11.5 Å². The van der Waals surface area contributed by atoms with Crippen LogP contribution in [0.3, 0.4) is 0 Å². The summed E-state index contributed by atoms with van der Waals surface area (Å²) in [7, 11) is 4.76. The molecule has 0 unspecified atom stereocenters. The molecule has 7 heteroatoms. The van der Waals surface area contributed by atoms with E-state index in [4.69, 9.17) is 24.0 Å². The number of para-hydroxylation sites is 1. The maximum absolute atomic E-state index is 10.5. The van der Waals surface area contributed by atoms with Crippen molar-refractivity contribution in [3.8, 4) is 28.7 Å². The van der Waals surface area contributed by atoms with Gasteiger partial charge in [-0.25, -0.2) is 5.01 Å². The number of hydrogen-bond donors (Lipinski definition) is 1. The monoisotopic (exact) mass is 446 g/mol. The highest BCUT2D eigenvalue weighted by atomic mass is 16.5. The summed E-state index contributed by atoms with van der Waals surface area (Å²) in [5.74, 6) is 2.64. The van der Waals surface area contributed by atoms with Gasteiger partial charge in [-0.15, -0.1) is 0 Å². The number of fused-ring (bicyclic) bond motifs is 3. The number of nitrogens with zero attached hydrogens (tertiary/aromatic N) is 2. The average Bonchev–Trinajstić information content (AvgIpc) is 3.29. The lowest BCUT2D eigenvalue weighted by Gasteiger charge is -2.38. The summed E-state index contributed by atoms with van der Waals surface area (Å²) in [5.41, 5.74) is 4.51. The van der Waals surface area contributed by atoms with Gasteiger partial charge in [0.05, 0.1) is 33.1 Å². The maximum Gasteiger partial charge on any atom is 0.214 e. The second-order valence-electron chi connectivity index (χ2n) is 8.13. The Morgan fingerprint density at radius 2 is 1.70 bits per heavy atom. The van der Waals surface area contributed by atoms with Crippen molar-refractivity contribution in [2.75, 3.05) is 21.3 Å². The molecule has 2 heterocycles. The zero-order chi connectivity index (χ0) is 23.1. The van der Waals surface area contributed by atoms with E-state index in [2.05, 4.69) is 6.07 Å². The van der Waals surface area contributed by atoms with Crippen LogP contribution in [0.2, 0.25) is 0 Å². The lowest BCUT2D eigenvalue weighted by Crippen LogP contribution is -2.33. The highest BCUT2D eigenvalue weighted by molar-refractivity contribution is 6.04. The van der Waals surface area contributed by atoms with Crippen molar-refractivity contribution in [2.45, 2.75) is 25.6 Å².